The maximum absolute atomic E-state index is 12.3. The van der Waals surface area contributed by atoms with Crippen LogP contribution in [0.5, 0.6) is 5.75 Å². The number of halogens is 1. The normalized spacial score (nSPS) is 10.5. The Labute approximate surface area is 148 Å². The number of pyridine rings is 1. The van der Waals surface area contributed by atoms with Gasteiger partial charge in [-0.2, -0.15) is 0 Å². The summed E-state index contributed by atoms with van der Waals surface area (Å²) in [5.74, 6) is 0.551. The Bertz CT molecular complexity index is 878. The maximum Gasteiger partial charge on any atom is 0.267 e. The zero-order chi connectivity index (χ0) is 17.1. The molecule has 3 aromatic rings. The standard InChI is InChI=1S/C17H14ClN3O2S/c1-10-7-12(8-19-15(10)18)21-16(22)14-9-20-17(24-14)11-3-5-13(23-2)6-4-11/h3-9H,1-2H3,(H,21,22). The lowest BCUT2D eigenvalue weighted by Crippen LogP contribution is -2.10. The van der Waals surface area contributed by atoms with Gasteiger partial charge in [0.1, 0.15) is 20.8 Å². The Morgan fingerprint density at radius 2 is 1.96 bits per heavy atom. The summed E-state index contributed by atoms with van der Waals surface area (Å²) in [4.78, 5) is 21.2. The third-order valence-electron chi connectivity index (χ3n) is 3.34. The second-order valence-corrected chi connectivity index (χ2v) is 6.43. The number of thiazole rings is 1. The predicted molar refractivity (Wildman–Crippen MR) is 96.0 cm³/mol. The molecular weight excluding hydrogens is 346 g/mol. The molecule has 24 heavy (non-hydrogen) atoms. The van der Waals surface area contributed by atoms with E-state index in [9.17, 15) is 4.79 Å². The zero-order valence-electron chi connectivity index (χ0n) is 13.0. The van der Waals surface area contributed by atoms with Crippen molar-refractivity contribution in [2.24, 2.45) is 0 Å². The van der Waals surface area contributed by atoms with Gasteiger partial charge in [-0.1, -0.05) is 11.6 Å². The van der Waals surface area contributed by atoms with Gasteiger partial charge in [0.25, 0.3) is 5.91 Å². The van der Waals surface area contributed by atoms with Crippen LogP contribution in [-0.2, 0) is 0 Å². The van der Waals surface area contributed by atoms with E-state index in [2.05, 4.69) is 15.3 Å². The number of carbonyl (C=O) groups is 1. The molecule has 2 aromatic heterocycles. The highest BCUT2D eigenvalue weighted by Crippen LogP contribution is 2.27. The van der Waals surface area contributed by atoms with Gasteiger partial charge in [-0.25, -0.2) is 9.97 Å². The average molecular weight is 360 g/mol. The van der Waals surface area contributed by atoms with Crippen molar-refractivity contribution >= 4 is 34.5 Å². The molecule has 0 atom stereocenters. The molecule has 1 amide bonds. The Kier molecular flexibility index (Phi) is 4.78. The van der Waals surface area contributed by atoms with E-state index in [0.29, 0.717) is 15.7 Å². The minimum atomic E-state index is -0.226. The van der Waals surface area contributed by atoms with Crippen LogP contribution < -0.4 is 10.1 Å². The molecule has 3 rings (SSSR count). The monoisotopic (exact) mass is 359 g/mol. The number of aryl methyl sites for hydroxylation is 1. The van der Waals surface area contributed by atoms with Crippen LogP contribution in [0.15, 0.2) is 42.7 Å². The lowest BCUT2D eigenvalue weighted by atomic mass is 10.2. The molecule has 0 spiro atoms. The van der Waals surface area contributed by atoms with Crippen molar-refractivity contribution in [1.29, 1.82) is 0 Å². The molecule has 5 nitrogen and oxygen atoms in total. The van der Waals surface area contributed by atoms with Crippen LogP contribution >= 0.6 is 22.9 Å². The molecule has 1 N–H and O–H groups in total. The SMILES string of the molecule is COc1ccc(-c2ncc(C(=O)Nc3cnc(Cl)c(C)c3)s2)cc1. The Balaban J connectivity index is 1.76. The van der Waals surface area contributed by atoms with Crippen LogP contribution in [-0.4, -0.2) is 23.0 Å². The summed E-state index contributed by atoms with van der Waals surface area (Å²) in [7, 11) is 1.62. The number of amides is 1. The van der Waals surface area contributed by atoms with E-state index in [-0.39, 0.29) is 5.91 Å². The number of ether oxygens (including phenoxy) is 1. The van der Waals surface area contributed by atoms with Crippen LogP contribution in [0.1, 0.15) is 15.2 Å². The van der Waals surface area contributed by atoms with Crippen molar-refractivity contribution in [1.82, 2.24) is 9.97 Å². The fourth-order valence-electron chi connectivity index (χ4n) is 2.07. The first-order chi connectivity index (χ1) is 11.6. The lowest BCUT2D eigenvalue weighted by Gasteiger charge is -2.04. The summed E-state index contributed by atoms with van der Waals surface area (Å²) >= 11 is 7.21. The van der Waals surface area contributed by atoms with Gasteiger partial charge in [0.05, 0.1) is 25.2 Å². The van der Waals surface area contributed by atoms with Crippen LogP contribution in [0.4, 0.5) is 5.69 Å². The molecular formula is C17H14ClN3O2S. The summed E-state index contributed by atoms with van der Waals surface area (Å²) in [5.41, 5.74) is 2.34. The van der Waals surface area contributed by atoms with E-state index >= 15 is 0 Å². The zero-order valence-corrected chi connectivity index (χ0v) is 14.6. The molecule has 0 bridgehead atoms. The molecule has 2 heterocycles. The number of nitrogens with one attached hydrogen (secondary N) is 1. The van der Waals surface area contributed by atoms with Crippen molar-refractivity contribution in [3.63, 3.8) is 0 Å². The number of hydrogen-bond acceptors (Lipinski definition) is 5. The van der Waals surface area contributed by atoms with Gasteiger partial charge in [0.15, 0.2) is 0 Å². The van der Waals surface area contributed by atoms with Crippen molar-refractivity contribution < 1.29 is 9.53 Å². The third kappa shape index (κ3) is 3.55. The van der Waals surface area contributed by atoms with Gasteiger partial charge < -0.3 is 10.1 Å². The van der Waals surface area contributed by atoms with Gasteiger partial charge in [0, 0.05) is 5.56 Å². The molecule has 0 saturated heterocycles. The number of carbonyl (C=O) groups excluding carboxylic acids is 1. The fourth-order valence-corrected chi connectivity index (χ4v) is 2.99. The minimum absolute atomic E-state index is 0.226. The number of benzene rings is 1. The maximum atomic E-state index is 12.3. The highest BCUT2D eigenvalue weighted by atomic mass is 35.5. The van der Waals surface area contributed by atoms with E-state index in [0.717, 1.165) is 21.9 Å². The lowest BCUT2D eigenvalue weighted by molar-refractivity contribution is 0.103. The molecule has 0 unspecified atom stereocenters. The smallest absolute Gasteiger partial charge is 0.267 e. The van der Waals surface area contributed by atoms with E-state index in [1.54, 1.807) is 19.4 Å². The number of methoxy groups -OCH3 is 1. The van der Waals surface area contributed by atoms with Crippen LogP contribution in [0.25, 0.3) is 10.6 Å². The quantitative estimate of drug-likeness (QED) is 0.700. The Hall–Kier alpha value is -2.44. The molecule has 0 radical (unpaired) electrons. The van der Waals surface area contributed by atoms with Gasteiger partial charge in [-0.15, -0.1) is 11.3 Å². The van der Waals surface area contributed by atoms with Gasteiger partial charge in [-0.3, -0.25) is 4.79 Å². The second-order valence-electron chi connectivity index (χ2n) is 5.04. The fraction of sp³-hybridized carbons (Fsp3) is 0.118. The topological polar surface area (TPSA) is 64.1 Å². The first-order valence-electron chi connectivity index (χ1n) is 7.10. The van der Waals surface area contributed by atoms with Crippen molar-refractivity contribution in [2.45, 2.75) is 6.92 Å². The molecule has 7 heteroatoms. The number of rotatable bonds is 4. The number of nitrogens with zero attached hydrogens (tertiary/aromatic N) is 2. The van der Waals surface area contributed by atoms with E-state index in [1.165, 1.54) is 17.5 Å². The van der Waals surface area contributed by atoms with Gasteiger partial charge >= 0.3 is 0 Å². The van der Waals surface area contributed by atoms with Crippen molar-refractivity contribution in [3.8, 4) is 16.3 Å². The summed E-state index contributed by atoms with van der Waals surface area (Å²) in [5, 5.41) is 3.99. The van der Waals surface area contributed by atoms with Gasteiger partial charge in [0.2, 0.25) is 0 Å². The first kappa shape index (κ1) is 16.4. The Morgan fingerprint density at radius 1 is 1.21 bits per heavy atom. The highest BCUT2D eigenvalue weighted by Gasteiger charge is 2.13. The summed E-state index contributed by atoms with van der Waals surface area (Å²) in [6.07, 6.45) is 3.09. The van der Waals surface area contributed by atoms with E-state index in [4.69, 9.17) is 16.3 Å². The van der Waals surface area contributed by atoms with Crippen LogP contribution in [0.3, 0.4) is 0 Å². The van der Waals surface area contributed by atoms with Crippen molar-refractivity contribution in [3.05, 3.63) is 58.3 Å². The predicted octanol–water partition coefficient (Wildman–Crippen LogP) is 4.43. The number of hydrogen-bond donors (Lipinski definition) is 1. The summed E-state index contributed by atoms with van der Waals surface area (Å²) in [6.45, 7) is 1.83. The van der Waals surface area contributed by atoms with E-state index < -0.39 is 0 Å². The summed E-state index contributed by atoms with van der Waals surface area (Å²) in [6, 6.07) is 9.31. The van der Waals surface area contributed by atoms with Crippen molar-refractivity contribution in [2.75, 3.05) is 12.4 Å². The molecule has 0 fully saturated rings. The number of aromatic nitrogens is 2. The highest BCUT2D eigenvalue weighted by molar-refractivity contribution is 7.17. The third-order valence-corrected chi connectivity index (χ3v) is 4.78. The largest absolute Gasteiger partial charge is 0.497 e. The Morgan fingerprint density at radius 3 is 2.62 bits per heavy atom. The molecule has 0 aliphatic heterocycles. The number of anilines is 1. The van der Waals surface area contributed by atoms with Crippen LogP contribution in [0.2, 0.25) is 5.15 Å². The van der Waals surface area contributed by atoms with Crippen LogP contribution in [0, 0.1) is 6.92 Å². The molecule has 1 aromatic carbocycles. The molecule has 0 aliphatic rings. The van der Waals surface area contributed by atoms with E-state index in [1.807, 2.05) is 31.2 Å². The minimum Gasteiger partial charge on any atom is -0.497 e. The first-order valence-corrected chi connectivity index (χ1v) is 8.30. The molecule has 0 aliphatic carbocycles. The molecule has 0 saturated carbocycles. The molecule has 122 valence electrons. The summed E-state index contributed by atoms with van der Waals surface area (Å²) < 4.78 is 5.14. The second kappa shape index (κ2) is 6.98. The average Bonchev–Trinajstić information content (AvgIpc) is 3.08. The van der Waals surface area contributed by atoms with Gasteiger partial charge in [-0.05, 0) is 42.8 Å².